The molecule has 28 heavy (non-hydrogen) atoms. The number of rotatable bonds is 2. The summed E-state index contributed by atoms with van der Waals surface area (Å²) in [5.41, 5.74) is 2.65. The molecule has 0 fully saturated rings. The first-order valence-electron chi connectivity index (χ1n) is 8.79. The Morgan fingerprint density at radius 2 is 1.75 bits per heavy atom. The van der Waals surface area contributed by atoms with Crippen molar-refractivity contribution in [2.45, 2.75) is 45.7 Å². The fourth-order valence-electron chi connectivity index (χ4n) is 3.50. The minimum Gasteiger partial charge on any atom is -0.350 e. The van der Waals surface area contributed by atoms with Crippen molar-refractivity contribution in [2.24, 2.45) is 7.05 Å². The average Bonchev–Trinajstić information content (AvgIpc) is 2.86. The number of nitrogens with zero attached hydrogens (tertiary/aromatic N) is 2. The molecule has 0 atom stereocenters. The zero-order valence-electron chi connectivity index (χ0n) is 16.3. The number of halogens is 5. The number of aromatic nitrogens is 2. The largest absolute Gasteiger partial charge is 0.416 e. The molecule has 0 spiro atoms. The van der Waals surface area contributed by atoms with Crippen molar-refractivity contribution in [3.05, 3.63) is 62.5 Å². The van der Waals surface area contributed by atoms with Gasteiger partial charge >= 0.3 is 6.18 Å². The minimum absolute atomic E-state index is 0.209. The molecule has 0 radical (unpaired) electrons. The summed E-state index contributed by atoms with van der Waals surface area (Å²) in [4.78, 5) is 4.28. The zero-order valence-corrected chi connectivity index (χ0v) is 17.8. The van der Waals surface area contributed by atoms with Crippen LogP contribution in [0, 0.1) is 6.92 Å². The number of fused-ring (bicyclic) bond motifs is 1. The topological polar surface area (TPSA) is 17.8 Å². The summed E-state index contributed by atoms with van der Waals surface area (Å²) in [5.74, 6) is 0. The highest BCUT2D eigenvalue weighted by molar-refractivity contribution is 6.36. The van der Waals surface area contributed by atoms with E-state index in [1.165, 1.54) is 12.1 Å². The molecule has 0 saturated carbocycles. The number of hydrogen-bond donors (Lipinski definition) is 0. The Labute approximate surface area is 172 Å². The lowest BCUT2D eigenvalue weighted by Crippen LogP contribution is -2.14. The van der Waals surface area contributed by atoms with E-state index in [1.807, 2.05) is 27.0 Å². The molecule has 2 aromatic heterocycles. The first-order chi connectivity index (χ1) is 12.8. The van der Waals surface area contributed by atoms with Crippen LogP contribution in [0.15, 0.2) is 24.5 Å². The highest BCUT2D eigenvalue weighted by atomic mass is 35.5. The van der Waals surface area contributed by atoms with Gasteiger partial charge in [0, 0.05) is 42.3 Å². The van der Waals surface area contributed by atoms with Crippen molar-refractivity contribution >= 4 is 34.1 Å². The van der Waals surface area contributed by atoms with Crippen molar-refractivity contribution in [3.63, 3.8) is 0 Å². The maximum Gasteiger partial charge on any atom is 0.416 e. The van der Waals surface area contributed by atoms with Crippen LogP contribution in [0.4, 0.5) is 13.2 Å². The fraction of sp³-hybridized carbons (Fsp3) is 0.381. The molecule has 2 nitrogen and oxygen atoms in total. The predicted molar refractivity (Wildman–Crippen MR) is 108 cm³/mol. The van der Waals surface area contributed by atoms with E-state index in [1.54, 1.807) is 24.7 Å². The van der Waals surface area contributed by atoms with Gasteiger partial charge in [-0.1, -0.05) is 44.0 Å². The van der Waals surface area contributed by atoms with Crippen LogP contribution in [0.3, 0.4) is 0 Å². The average molecular weight is 429 g/mol. The maximum absolute atomic E-state index is 13.2. The number of alkyl halides is 3. The summed E-state index contributed by atoms with van der Waals surface area (Å²) in [6.07, 6.45) is -0.495. The van der Waals surface area contributed by atoms with Crippen molar-refractivity contribution < 1.29 is 13.2 Å². The molecule has 3 rings (SSSR count). The van der Waals surface area contributed by atoms with Crippen molar-refractivity contribution in [2.75, 3.05) is 0 Å². The van der Waals surface area contributed by atoms with E-state index in [9.17, 15) is 13.2 Å². The summed E-state index contributed by atoms with van der Waals surface area (Å²) >= 11 is 13.0. The van der Waals surface area contributed by atoms with Crippen LogP contribution in [-0.2, 0) is 25.1 Å². The summed E-state index contributed by atoms with van der Waals surface area (Å²) in [5, 5.41) is 1.64. The Hall–Kier alpha value is -1.72. The van der Waals surface area contributed by atoms with Crippen LogP contribution in [-0.4, -0.2) is 9.55 Å². The third-order valence-corrected chi connectivity index (χ3v) is 5.68. The van der Waals surface area contributed by atoms with Gasteiger partial charge < -0.3 is 4.57 Å². The van der Waals surface area contributed by atoms with Gasteiger partial charge in [-0.25, -0.2) is 4.98 Å². The van der Waals surface area contributed by atoms with Gasteiger partial charge in [-0.05, 0) is 41.2 Å². The first kappa shape index (κ1) is 21.0. The van der Waals surface area contributed by atoms with Gasteiger partial charge in [0.2, 0.25) is 0 Å². The Bertz CT molecular complexity index is 1060. The quantitative estimate of drug-likeness (QED) is 0.398. The summed E-state index contributed by atoms with van der Waals surface area (Å²) in [6, 6.07) is 2.36. The second kappa shape index (κ2) is 6.96. The van der Waals surface area contributed by atoms with Gasteiger partial charge in [-0.2, -0.15) is 13.2 Å². The number of benzene rings is 1. The van der Waals surface area contributed by atoms with Crippen LogP contribution < -0.4 is 0 Å². The van der Waals surface area contributed by atoms with Gasteiger partial charge in [-0.3, -0.25) is 0 Å². The van der Waals surface area contributed by atoms with Crippen LogP contribution in [0.1, 0.15) is 48.6 Å². The Morgan fingerprint density at radius 1 is 1.11 bits per heavy atom. The lowest BCUT2D eigenvalue weighted by molar-refractivity contribution is -0.137. The van der Waals surface area contributed by atoms with Gasteiger partial charge in [0.15, 0.2) is 0 Å². The van der Waals surface area contributed by atoms with Crippen LogP contribution >= 0.6 is 23.2 Å². The SMILES string of the molecule is Cc1cc(C(F)(F)F)cc2c1c(Cc1c(Cl)ncc(C(C)(C)C)c1Cl)cn2C. The summed E-state index contributed by atoms with van der Waals surface area (Å²) in [7, 11) is 1.73. The van der Waals surface area contributed by atoms with E-state index < -0.39 is 11.7 Å². The van der Waals surface area contributed by atoms with E-state index in [0.29, 0.717) is 33.2 Å². The number of aryl methyl sites for hydroxylation is 2. The fourth-order valence-corrected chi connectivity index (χ4v) is 4.25. The summed E-state index contributed by atoms with van der Waals surface area (Å²) < 4.78 is 41.3. The van der Waals surface area contributed by atoms with Gasteiger partial charge in [0.05, 0.1) is 10.6 Å². The minimum atomic E-state index is -4.39. The zero-order chi connectivity index (χ0) is 21.0. The maximum atomic E-state index is 13.2. The molecule has 2 heterocycles. The van der Waals surface area contributed by atoms with Gasteiger partial charge in [0.1, 0.15) is 5.15 Å². The molecule has 0 aliphatic rings. The molecular weight excluding hydrogens is 408 g/mol. The molecule has 0 saturated heterocycles. The molecular formula is C21H21Cl2F3N2. The van der Waals surface area contributed by atoms with E-state index in [2.05, 4.69) is 4.98 Å². The van der Waals surface area contributed by atoms with Crippen LogP contribution in [0.25, 0.3) is 10.9 Å². The smallest absolute Gasteiger partial charge is 0.350 e. The molecule has 0 bridgehead atoms. The first-order valence-corrected chi connectivity index (χ1v) is 9.55. The molecule has 0 N–H and O–H groups in total. The number of pyridine rings is 1. The van der Waals surface area contributed by atoms with E-state index in [-0.39, 0.29) is 5.41 Å². The van der Waals surface area contributed by atoms with Crippen molar-refractivity contribution in [3.8, 4) is 0 Å². The van der Waals surface area contributed by atoms with Crippen molar-refractivity contribution in [1.29, 1.82) is 0 Å². The standard InChI is InChI=1S/C21H21Cl2F3N2/c1-11-6-13(21(24,25)26)8-16-17(11)12(10-28(16)5)7-14-18(22)15(20(2,3)4)9-27-19(14)23/h6,8-10H,7H2,1-5H3. The predicted octanol–water partition coefficient (Wildman–Crippen LogP) is 7.10. The molecule has 0 amide bonds. The molecule has 1 aromatic carbocycles. The molecule has 150 valence electrons. The lowest BCUT2D eigenvalue weighted by Gasteiger charge is -2.22. The molecule has 0 aliphatic heterocycles. The molecule has 3 aromatic rings. The second-order valence-electron chi connectivity index (χ2n) is 8.13. The second-order valence-corrected chi connectivity index (χ2v) is 8.87. The third-order valence-electron chi connectivity index (χ3n) is 4.93. The van der Waals surface area contributed by atoms with E-state index in [0.717, 1.165) is 16.5 Å². The highest BCUT2D eigenvalue weighted by Crippen LogP contribution is 2.38. The van der Waals surface area contributed by atoms with Crippen LogP contribution in [0.2, 0.25) is 10.2 Å². The van der Waals surface area contributed by atoms with Crippen molar-refractivity contribution in [1.82, 2.24) is 9.55 Å². The van der Waals surface area contributed by atoms with Gasteiger partial charge in [-0.15, -0.1) is 0 Å². The normalized spacial score (nSPS) is 12.8. The Morgan fingerprint density at radius 3 is 2.32 bits per heavy atom. The van der Waals surface area contributed by atoms with E-state index >= 15 is 0 Å². The molecule has 0 unspecified atom stereocenters. The van der Waals surface area contributed by atoms with E-state index in [4.69, 9.17) is 23.2 Å². The summed E-state index contributed by atoms with van der Waals surface area (Å²) in [6.45, 7) is 7.80. The molecule has 0 aliphatic carbocycles. The van der Waals surface area contributed by atoms with Crippen LogP contribution in [0.5, 0.6) is 0 Å². The Kier molecular flexibility index (Phi) is 5.22. The Balaban J connectivity index is 2.17. The highest BCUT2D eigenvalue weighted by Gasteiger charge is 2.32. The van der Waals surface area contributed by atoms with Gasteiger partial charge in [0.25, 0.3) is 0 Å². The molecule has 7 heteroatoms. The monoisotopic (exact) mass is 428 g/mol. The number of hydrogen-bond acceptors (Lipinski definition) is 1. The third kappa shape index (κ3) is 3.74. The lowest BCUT2D eigenvalue weighted by atomic mass is 9.87.